The summed E-state index contributed by atoms with van der Waals surface area (Å²) in [5, 5.41) is 0.620. The van der Waals surface area contributed by atoms with Crippen LogP contribution >= 0.6 is 11.6 Å². The molecule has 2 aromatic rings. The lowest BCUT2D eigenvalue weighted by atomic mass is 10.1. The van der Waals surface area contributed by atoms with Crippen LogP contribution in [0.2, 0.25) is 5.02 Å². The first-order chi connectivity index (χ1) is 14.4. The third kappa shape index (κ3) is 6.22. The Hall–Kier alpha value is -2.05. The molecule has 2 aromatic carbocycles. The Morgan fingerprint density at radius 1 is 1.10 bits per heavy atom. The molecule has 1 saturated heterocycles. The summed E-state index contributed by atoms with van der Waals surface area (Å²) in [6, 6.07) is 14.0. The summed E-state index contributed by atoms with van der Waals surface area (Å²) in [5.41, 5.74) is 1.43. The van der Waals surface area contributed by atoms with Gasteiger partial charge >= 0.3 is 0 Å². The second-order valence-corrected chi connectivity index (χ2v) is 10.4. The van der Waals surface area contributed by atoms with Crippen LogP contribution in [0, 0.1) is 0 Å². The van der Waals surface area contributed by atoms with E-state index >= 15 is 0 Å². The summed E-state index contributed by atoms with van der Waals surface area (Å²) in [4.78, 5) is 15.0. The van der Waals surface area contributed by atoms with Crippen molar-refractivity contribution in [1.82, 2.24) is 4.90 Å². The molecule has 3 rings (SSSR count). The third-order valence-corrected chi connectivity index (χ3v) is 7.30. The zero-order chi connectivity index (χ0) is 21.6. The minimum absolute atomic E-state index is 0.00491. The predicted octanol–water partition coefficient (Wildman–Crippen LogP) is 4.74. The topological polar surface area (TPSA) is 63.7 Å². The van der Waals surface area contributed by atoms with Gasteiger partial charge in [0, 0.05) is 23.2 Å². The van der Waals surface area contributed by atoms with E-state index in [2.05, 4.69) is 6.92 Å². The van der Waals surface area contributed by atoms with Crippen LogP contribution < -0.4 is 4.74 Å². The minimum Gasteiger partial charge on any atom is -0.494 e. The molecule has 0 N–H and O–H groups in total. The molecule has 5 nitrogen and oxygen atoms in total. The monoisotopic (exact) mass is 449 g/mol. The van der Waals surface area contributed by atoms with Crippen LogP contribution in [0.3, 0.4) is 0 Å². The highest BCUT2D eigenvalue weighted by atomic mass is 35.5. The van der Waals surface area contributed by atoms with Crippen molar-refractivity contribution >= 4 is 27.3 Å². The van der Waals surface area contributed by atoms with Crippen molar-refractivity contribution in [1.29, 1.82) is 0 Å². The number of carbonyl (C=O) groups excluding carboxylic acids is 1. The van der Waals surface area contributed by atoms with Crippen molar-refractivity contribution in [3.05, 3.63) is 64.7 Å². The molecule has 0 aromatic heterocycles. The average molecular weight is 450 g/mol. The molecule has 1 aliphatic heterocycles. The van der Waals surface area contributed by atoms with Crippen molar-refractivity contribution in [3.63, 3.8) is 0 Å². The van der Waals surface area contributed by atoms with Crippen molar-refractivity contribution in [2.45, 2.75) is 45.2 Å². The van der Waals surface area contributed by atoms with E-state index in [0.29, 0.717) is 30.2 Å². The van der Waals surface area contributed by atoms with Gasteiger partial charge in [-0.15, -0.1) is 0 Å². The Morgan fingerprint density at radius 3 is 2.40 bits per heavy atom. The molecule has 0 bridgehead atoms. The Morgan fingerprint density at radius 2 is 1.80 bits per heavy atom. The number of unbranched alkanes of at least 4 members (excludes halogenated alkanes) is 2. The number of carbonyl (C=O) groups is 1. The standard InChI is InChI=1S/C23H28ClNO4S/c1-2-3-4-14-29-22-11-7-19(8-12-22)23(26)25(21-13-15-30(27,28)17-21)16-18-5-9-20(24)10-6-18/h5-12,21H,2-4,13-17H2,1H3/t21-/m1/s1. The van der Waals surface area contributed by atoms with Gasteiger partial charge in [-0.2, -0.15) is 0 Å². The van der Waals surface area contributed by atoms with Crippen LogP contribution in [0.4, 0.5) is 0 Å². The number of nitrogens with zero attached hydrogens (tertiary/aromatic N) is 1. The van der Waals surface area contributed by atoms with Crippen LogP contribution in [0.5, 0.6) is 5.75 Å². The Kier molecular flexibility index (Phi) is 7.78. The molecule has 7 heteroatoms. The smallest absolute Gasteiger partial charge is 0.254 e. The lowest BCUT2D eigenvalue weighted by Crippen LogP contribution is -2.40. The van der Waals surface area contributed by atoms with Crippen LogP contribution in [0.15, 0.2) is 48.5 Å². The van der Waals surface area contributed by atoms with Gasteiger partial charge in [-0.3, -0.25) is 4.79 Å². The molecule has 1 heterocycles. The van der Waals surface area contributed by atoms with Crippen molar-refractivity contribution in [2.75, 3.05) is 18.1 Å². The number of hydrogen-bond acceptors (Lipinski definition) is 4. The zero-order valence-electron chi connectivity index (χ0n) is 17.2. The summed E-state index contributed by atoms with van der Waals surface area (Å²) in [6.07, 6.45) is 3.72. The largest absolute Gasteiger partial charge is 0.494 e. The van der Waals surface area contributed by atoms with E-state index in [9.17, 15) is 13.2 Å². The van der Waals surface area contributed by atoms with Crippen molar-refractivity contribution < 1.29 is 17.9 Å². The van der Waals surface area contributed by atoms with E-state index < -0.39 is 9.84 Å². The molecule has 1 atom stereocenters. The van der Waals surface area contributed by atoms with E-state index in [1.807, 2.05) is 12.1 Å². The fourth-order valence-corrected chi connectivity index (χ4v) is 5.43. The van der Waals surface area contributed by atoms with Gasteiger partial charge in [-0.1, -0.05) is 43.5 Å². The van der Waals surface area contributed by atoms with Gasteiger partial charge in [0.25, 0.3) is 5.91 Å². The Labute approximate surface area is 183 Å². The second kappa shape index (κ2) is 10.3. The molecule has 1 aliphatic rings. The quantitative estimate of drug-likeness (QED) is 0.519. The second-order valence-electron chi connectivity index (χ2n) is 7.70. The average Bonchev–Trinajstić information content (AvgIpc) is 3.10. The Bertz CT molecular complexity index is 942. The van der Waals surface area contributed by atoms with Gasteiger partial charge < -0.3 is 9.64 Å². The number of sulfone groups is 1. The van der Waals surface area contributed by atoms with Gasteiger partial charge in [0.05, 0.1) is 18.1 Å². The third-order valence-electron chi connectivity index (χ3n) is 5.29. The lowest BCUT2D eigenvalue weighted by Gasteiger charge is -2.28. The summed E-state index contributed by atoms with van der Waals surface area (Å²) >= 11 is 5.97. The molecular weight excluding hydrogens is 422 g/mol. The number of benzene rings is 2. The maximum Gasteiger partial charge on any atom is 0.254 e. The number of rotatable bonds is 9. The van der Waals surface area contributed by atoms with Gasteiger partial charge in [0.1, 0.15) is 5.75 Å². The van der Waals surface area contributed by atoms with Crippen LogP contribution in [-0.4, -0.2) is 43.4 Å². The molecule has 162 valence electrons. The molecule has 1 amide bonds. The van der Waals surface area contributed by atoms with E-state index in [4.69, 9.17) is 16.3 Å². The number of hydrogen-bond donors (Lipinski definition) is 0. The summed E-state index contributed by atoms with van der Waals surface area (Å²) < 4.78 is 29.8. The van der Waals surface area contributed by atoms with E-state index in [0.717, 1.165) is 30.6 Å². The normalized spacial score (nSPS) is 17.6. The van der Waals surface area contributed by atoms with Gasteiger partial charge in [0.15, 0.2) is 9.84 Å². The molecule has 1 fully saturated rings. The van der Waals surface area contributed by atoms with Crippen LogP contribution in [0.25, 0.3) is 0 Å². The first kappa shape index (κ1) is 22.6. The van der Waals surface area contributed by atoms with Gasteiger partial charge in [-0.05, 0) is 54.8 Å². The fraction of sp³-hybridized carbons (Fsp3) is 0.435. The summed E-state index contributed by atoms with van der Waals surface area (Å²) in [7, 11) is -3.11. The predicted molar refractivity (Wildman–Crippen MR) is 120 cm³/mol. The maximum atomic E-state index is 13.3. The highest BCUT2D eigenvalue weighted by Gasteiger charge is 2.35. The van der Waals surface area contributed by atoms with Crippen molar-refractivity contribution in [2.24, 2.45) is 0 Å². The number of ether oxygens (including phenoxy) is 1. The van der Waals surface area contributed by atoms with Crippen LogP contribution in [-0.2, 0) is 16.4 Å². The molecule has 30 heavy (non-hydrogen) atoms. The molecule has 0 aliphatic carbocycles. The Balaban J connectivity index is 1.75. The first-order valence-corrected chi connectivity index (χ1v) is 12.6. The SMILES string of the molecule is CCCCCOc1ccc(C(=O)N(Cc2ccc(Cl)cc2)[C@@H]2CCS(=O)(=O)C2)cc1. The summed E-state index contributed by atoms with van der Waals surface area (Å²) in [5.74, 6) is 0.678. The van der Waals surface area contributed by atoms with Crippen molar-refractivity contribution in [3.8, 4) is 5.75 Å². The zero-order valence-corrected chi connectivity index (χ0v) is 18.8. The van der Waals surface area contributed by atoms with E-state index in [1.54, 1.807) is 41.3 Å². The van der Waals surface area contributed by atoms with Gasteiger partial charge in [-0.25, -0.2) is 8.42 Å². The molecule has 0 spiro atoms. The van der Waals surface area contributed by atoms with Crippen LogP contribution in [0.1, 0.15) is 48.5 Å². The first-order valence-electron chi connectivity index (χ1n) is 10.4. The fourth-order valence-electron chi connectivity index (χ4n) is 3.58. The lowest BCUT2D eigenvalue weighted by molar-refractivity contribution is 0.0681. The minimum atomic E-state index is -3.11. The summed E-state index contributed by atoms with van der Waals surface area (Å²) in [6.45, 7) is 3.14. The van der Waals surface area contributed by atoms with E-state index in [-0.39, 0.29) is 23.5 Å². The molecule has 0 radical (unpaired) electrons. The molecule has 0 saturated carbocycles. The maximum absolute atomic E-state index is 13.3. The van der Waals surface area contributed by atoms with Gasteiger partial charge in [0.2, 0.25) is 0 Å². The number of amides is 1. The number of halogens is 1. The highest BCUT2D eigenvalue weighted by molar-refractivity contribution is 7.91. The highest BCUT2D eigenvalue weighted by Crippen LogP contribution is 2.24. The van der Waals surface area contributed by atoms with E-state index in [1.165, 1.54) is 0 Å². The molecular formula is C23H28ClNO4S. The molecule has 0 unspecified atom stereocenters.